The molecule has 0 bridgehead atoms. The Kier molecular flexibility index (Phi) is 61.0. The Bertz CT molecular complexity index is 1180. The summed E-state index contributed by atoms with van der Waals surface area (Å²) < 4.78 is 5.48. The summed E-state index contributed by atoms with van der Waals surface area (Å²) >= 11 is 0. The molecule has 1 amide bonds. The van der Waals surface area contributed by atoms with E-state index in [9.17, 15) is 19.8 Å². The monoisotopic (exact) mass is 1030 g/mol. The van der Waals surface area contributed by atoms with Crippen LogP contribution in [0.1, 0.15) is 354 Å². The molecule has 0 spiro atoms. The molecule has 2 unspecified atom stereocenters. The van der Waals surface area contributed by atoms with Crippen LogP contribution < -0.4 is 5.32 Å². The average Bonchev–Trinajstić information content (AvgIpc) is 3.39. The third-order valence-corrected chi connectivity index (χ3v) is 15.1. The van der Waals surface area contributed by atoms with E-state index in [4.69, 9.17) is 4.74 Å². The SMILES string of the molecule is CCCCCCCC/C=C\CCCCCCCCCC(=O)OCCCCCC/C=C\CCCCCCCCCC(=O)NC(CO)C(O)/C=C/CCCCCCCCCCCCCCCCCCCCCCCC. The van der Waals surface area contributed by atoms with Gasteiger partial charge >= 0.3 is 5.97 Å². The van der Waals surface area contributed by atoms with E-state index in [1.54, 1.807) is 6.08 Å². The number of esters is 1. The van der Waals surface area contributed by atoms with Gasteiger partial charge in [-0.05, 0) is 83.5 Å². The molecule has 73 heavy (non-hydrogen) atoms. The highest BCUT2D eigenvalue weighted by Crippen LogP contribution is 2.17. The van der Waals surface area contributed by atoms with E-state index in [0.717, 1.165) is 70.6 Å². The van der Waals surface area contributed by atoms with Crippen LogP contribution in [0.4, 0.5) is 0 Å². The molecule has 3 N–H and O–H groups in total. The molecule has 0 rings (SSSR count). The van der Waals surface area contributed by atoms with Crippen molar-refractivity contribution in [1.82, 2.24) is 5.32 Å². The molecular formula is C67H127NO5. The lowest BCUT2D eigenvalue weighted by atomic mass is 10.0. The maximum absolute atomic E-state index is 12.5. The van der Waals surface area contributed by atoms with Crippen molar-refractivity contribution in [1.29, 1.82) is 0 Å². The number of hydrogen-bond acceptors (Lipinski definition) is 5. The average molecular weight is 1030 g/mol. The summed E-state index contributed by atoms with van der Waals surface area (Å²) in [4.78, 5) is 24.6. The van der Waals surface area contributed by atoms with Crippen LogP contribution in [0, 0.1) is 0 Å². The molecule has 0 aromatic carbocycles. The van der Waals surface area contributed by atoms with Gasteiger partial charge in [-0.3, -0.25) is 9.59 Å². The Balaban J connectivity index is 3.49. The Morgan fingerprint density at radius 3 is 0.973 bits per heavy atom. The van der Waals surface area contributed by atoms with Gasteiger partial charge in [-0.15, -0.1) is 0 Å². The first-order valence-corrected chi connectivity index (χ1v) is 32.8. The van der Waals surface area contributed by atoms with E-state index < -0.39 is 12.1 Å². The smallest absolute Gasteiger partial charge is 0.305 e. The number of aliphatic hydroxyl groups excluding tert-OH is 2. The summed E-state index contributed by atoms with van der Waals surface area (Å²) in [6.07, 6.45) is 79.0. The highest BCUT2D eigenvalue weighted by atomic mass is 16.5. The van der Waals surface area contributed by atoms with E-state index in [1.165, 1.54) is 257 Å². The Hall–Kier alpha value is -1.92. The van der Waals surface area contributed by atoms with Gasteiger partial charge < -0.3 is 20.3 Å². The fraction of sp³-hybridized carbons (Fsp3) is 0.881. The zero-order chi connectivity index (χ0) is 52.9. The van der Waals surface area contributed by atoms with Crippen LogP contribution in [0.2, 0.25) is 0 Å². The molecule has 0 radical (unpaired) electrons. The first-order valence-electron chi connectivity index (χ1n) is 32.8. The zero-order valence-corrected chi connectivity index (χ0v) is 49.1. The van der Waals surface area contributed by atoms with Gasteiger partial charge in [0.25, 0.3) is 0 Å². The fourth-order valence-corrected chi connectivity index (χ4v) is 10.1. The van der Waals surface area contributed by atoms with Crippen LogP contribution in [-0.2, 0) is 14.3 Å². The Labute approximate surface area is 455 Å². The van der Waals surface area contributed by atoms with E-state index >= 15 is 0 Å². The summed E-state index contributed by atoms with van der Waals surface area (Å²) in [5.74, 6) is -0.0941. The number of amides is 1. The number of allylic oxidation sites excluding steroid dienone is 5. The molecule has 0 aliphatic carbocycles. The van der Waals surface area contributed by atoms with E-state index in [2.05, 4.69) is 43.5 Å². The van der Waals surface area contributed by atoms with Crippen LogP contribution in [0.5, 0.6) is 0 Å². The lowest BCUT2D eigenvalue weighted by molar-refractivity contribution is -0.143. The number of nitrogens with one attached hydrogen (secondary N) is 1. The highest BCUT2D eigenvalue weighted by Gasteiger charge is 2.18. The molecule has 430 valence electrons. The minimum absolute atomic E-state index is 0.0139. The number of carbonyl (C=O) groups is 2. The molecule has 0 aliphatic rings. The van der Waals surface area contributed by atoms with Crippen molar-refractivity contribution in [3.05, 3.63) is 36.5 Å². The number of carbonyl (C=O) groups excluding carboxylic acids is 2. The number of aliphatic hydroxyl groups is 2. The zero-order valence-electron chi connectivity index (χ0n) is 49.1. The Morgan fingerprint density at radius 1 is 0.370 bits per heavy atom. The predicted octanol–water partition coefficient (Wildman–Crippen LogP) is 20.8. The van der Waals surface area contributed by atoms with Gasteiger partial charge in [-0.2, -0.15) is 0 Å². The summed E-state index contributed by atoms with van der Waals surface area (Å²) in [6.45, 7) is 4.89. The van der Waals surface area contributed by atoms with Gasteiger partial charge in [0, 0.05) is 12.8 Å². The fourth-order valence-electron chi connectivity index (χ4n) is 10.1. The van der Waals surface area contributed by atoms with Gasteiger partial charge in [0.2, 0.25) is 5.91 Å². The molecule has 0 fully saturated rings. The van der Waals surface area contributed by atoms with Gasteiger partial charge in [0.05, 0.1) is 25.4 Å². The maximum Gasteiger partial charge on any atom is 0.305 e. The summed E-state index contributed by atoms with van der Waals surface area (Å²) in [5.41, 5.74) is 0. The minimum Gasteiger partial charge on any atom is -0.466 e. The molecule has 0 aromatic rings. The largest absolute Gasteiger partial charge is 0.466 e. The predicted molar refractivity (Wildman–Crippen MR) is 319 cm³/mol. The topological polar surface area (TPSA) is 95.9 Å². The van der Waals surface area contributed by atoms with Crippen LogP contribution in [0.3, 0.4) is 0 Å². The van der Waals surface area contributed by atoms with Crippen LogP contribution in [0.15, 0.2) is 36.5 Å². The molecule has 0 heterocycles. The molecule has 0 aromatic heterocycles. The first-order chi connectivity index (χ1) is 36.0. The quantitative estimate of drug-likeness (QED) is 0.0320. The second kappa shape index (κ2) is 62.6. The number of ether oxygens (including phenoxy) is 1. The van der Waals surface area contributed by atoms with Crippen molar-refractivity contribution in [2.24, 2.45) is 0 Å². The van der Waals surface area contributed by atoms with Crippen LogP contribution in [-0.4, -0.2) is 47.4 Å². The van der Waals surface area contributed by atoms with Gasteiger partial charge in [0.1, 0.15) is 0 Å². The second-order valence-electron chi connectivity index (χ2n) is 22.4. The lowest BCUT2D eigenvalue weighted by Crippen LogP contribution is -2.45. The molecule has 6 heteroatoms. The van der Waals surface area contributed by atoms with Crippen molar-refractivity contribution < 1.29 is 24.5 Å². The van der Waals surface area contributed by atoms with Crippen LogP contribution in [0.25, 0.3) is 0 Å². The van der Waals surface area contributed by atoms with Crippen LogP contribution >= 0.6 is 0 Å². The third-order valence-electron chi connectivity index (χ3n) is 15.1. The van der Waals surface area contributed by atoms with E-state index in [0.29, 0.717) is 19.4 Å². The number of rotatable bonds is 61. The van der Waals surface area contributed by atoms with Crippen molar-refractivity contribution in [3.63, 3.8) is 0 Å². The molecule has 2 atom stereocenters. The van der Waals surface area contributed by atoms with Gasteiger partial charge in [-0.1, -0.05) is 294 Å². The Morgan fingerprint density at radius 2 is 0.644 bits per heavy atom. The van der Waals surface area contributed by atoms with Crippen molar-refractivity contribution in [3.8, 4) is 0 Å². The molecular weight excluding hydrogens is 899 g/mol. The molecule has 0 aliphatic heterocycles. The second-order valence-corrected chi connectivity index (χ2v) is 22.4. The van der Waals surface area contributed by atoms with E-state index in [-0.39, 0.29) is 18.5 Å². The van der Waals surface area contributed by atoms with Crippen molar-refractivity contribution >= 4 is 11.9 Å². The van der Waals surface area contributed by atoms with Gasteiger partial charge in [0.15, 0.2) is 0 Å². The molecule has 6 nitrogen and oxygen atoms in total. The number of unbranched alkanes of at least 4 members (excludes halogenated alkanes) is 46. The summed E-state index contributed by atoms with van der Waals surface area (Å²) in [5, 5.41) is 23.2. The van der Waals surface area contributed by atoms with E-state index in [1.807, 2.05) is 6.08 Å². The number of hydrogen-bond donors (Lipinski definition) is 3. The van der Waals surface area contributed by atoms with Gasteiger partial charge in [-0.25, -0.2) is 0 Å². The minimum atomic E-state index is -0.857. The first kappa shape index (κ1) is 71.1. The third kappa shape index (κ3) is 59.2. The van der Waals surface area contributed by atoms with Crippen molar-refractivity contribution in [2.45, 2.75) is 366 Å². The summed E-state index contributed by atoms with van der Waals surface area (Å²) in [6, 6.07) is -0.641. The summed E-state index contributed by atoms with van der Waals surface area (Å²) in [7, 11) is 0. The molecule has 0 saturated carbocycles. The maximum atomic E-state index is 12.5. The van der Waals surface area contributed by atoms with Crippen molar-refractivity contribution in [2.75, 3.05) is 13.2 Å². The standard InChI is InChI=1S/C67H127NO5/c1-3-5-7-9-11-13-15-17-19-21-22-23-24-25-26-27-29-31-35-39-43-47-51-55-59-65(70)64(63-69)68-66(71)60-56-52-48-44-40-36-32-30-34-38-42-46-50-54-58-62-73-67(72)61-57-53-49-45-41-37-33-28-20-18-16-14-12-10-8-6-4-2/h18,20,34,38,55,59,64-65,69-70H,3-17,19,21-33,35-37,39-54,56-58,60-63H2,1-2H3,(H,68,71)/b20-18-,38-34-,59-55+. The molecule has 0 saturated heterocycles. The normalized spacial score (nSPS) is 12.8. The highest BCUT2D eigenvalue weighted by molar-refractivity contribution is 5.76. The lowest BCUT2D eigenvalue weighted by Gasteiger charge is -2.20.